The molecule has 0 aliphatic carbocycles. The average Bonchev–Trinajstić information content (AvgIpc) is 2.16. The number of rotatable bonds is 6. The van der Waals surface area contributed by atoms with E-state index in [2.05, 4.69) is 10.5 Å². The molecule has 5 heteroatoms. The van der Waals surface area contributed by atoms with Crippen molar-refractivity contribution in [3.63, 3.8) is 0 Å². The normalized spacial score (nSPS) is 13.2. The molecule has 14 heavy (non-hydrogen) atoms. The number of carbonyl (C=O) groups excluding carboxylic acids is 1. The van der Waals surface area contributed by atoms with Gasteiger partial charge in [-0.15, -0.1) is 0 Å². The number of methoxy groups -OCH3 is 1. The largest absolute Gasteiger partial charge is 0.364 e. The number of oxime groups is 1. The highest BCUT2D eigenvalue weighted by molar-refractivity contribution is 5.80. The molecular formula is C9H18N2O3. The van der Waals surface area contributed by atoms with E-state index in [0.717, 1.165) is 0 Å². The van der Waals surface area contributed by atoms with Crippen LogP contribution in [0.4, 0.5) is 0 Å². The van der Waals surface area contributed by atoms with Crippen molar-refractivity contribution >= 4 is 12.1 Å². The Labute approximate surface area is 84.4 Å². The Balaban J connectivity index is 3.49. The molecule has 0 aromatic rings. The standard InChI is InChI=1S/C9H18N2O3/c1-7(2)9(12)10-5-6-11-14-8(3)13-4/h6-8H,5H2,1-4H3,(H,10,12). The van der Waals surface area contributed by atoms with Gasteiger partial charge in [0.2, 0.25) is 12.2 Å². The minimum atomic E-state index is -0.368. The van der Waals surface area contributed by atoms with Gasteiger partial charge in [-0.25, -0.2) is 0 Å². The van der Waals surface area contributed by atoms with Crippen molar-refractivity contribution in [2.75, 3.05) is 13.7 Å². The van der Waals surface area contributed by atoms with Crippen molar-refractivity contribution in [1.82, 2.24) is 5.32 Å². The van der Waals surface area contributed by atoms with Crippen LogP contribution in [0.15, 0.2) is 5.16 Å². The number of carbonyl (C=O) groups is 1. The van der Waals surface area contributed by atoms with E-state index in [4.69, 9.17) is 9.57 Å². The first-order valence-corrected chi connectivity index (χ1v) is 4.56. The maximum absolute atomic E-state index is 11.1. The Hall–Kier alpha value is -1.10. The van der Waals surface area contributed by atoms with Crippen molar-refractivity contribution in [3.8, 4) is 0 Å². The molecule has 0 aromatic heterocycles. The fraction of sp³-hybridized carbons (Fsp3) is 0.778. The van der Waals surface area contributed by atoms with Gasteiger partial charge in [-0.3, -0.25) is 4.79 Å². The van der Waals surface area contributed by atoms with E-state index in [1.807, 2.05) is 13.8 Å². The quantitative estimate of drug-likeness (QED) is 0.393. The third-order valence-electron chi connectivity index (χ3n) is 1.51. The summed E-state index contributed by atoms with van der Waals surface area (Å²) in [6.07, 6.45) is 1.11. The first-order chi connectivity index (χ1) is 6.57. The molecule has 0 fully saturated rings. The van der Waals surface area contributed by atoms with Gasteiger partial charge >= 0.3 is 0 Å². The molecule has 0 rings (SSSR count). The van der Waals surface area contributed by atoms with Gasteiger partial charge in [-0.2, -0.15) is 0 Å². The van der Waals surface area contributed by atoms with E-state index in [0.29, 0.717) is 6.54 Å². The Morgan fingerprint density at radius 3 is 2.64 bits per heavy atom. The van der Waals surface area contributed by atoms with Gasteiger partial charge < -0.3 is 14.9 Å². The molecule has 0 aromatic carbocycles. The highest BCUT2D eigenvalue weighted by Crippen LogP contribution is 1.90. The van der Waals surface area contributed by atoms with E-state index in [1.54, 1.807) is 6.92 Å². The van der Waals surface area contributed by atoms with E-state index >= 15 is 0 Å². The molecule has 0 saturated heterocycles. The van der Waals surface area contributed by atoms with Crippen molar-refractivity contribution in [2.45, 2.75) is 27.1 Å². The molecule has 0 bridgehead atoms. The van der Waals surface area contributed by atoms with Gasteiger partial charge in [-0.1, -0.05) is 19.0 Å². The second-order valence-corrected chi connectivity index (χ2v) is 3.10. The number of ether oxygens (including phenoxy) is 1. The van der Waals surface area contributed by atoms with Crippen LogP contribution in [0, 0.1) is 5.92 Å². The van der Waals surface area contributed by atoms with Crippen LogP contribution >= 0.6 is 0 Å². The predicted octanol–water partition coefficient (Wildman–Crippen LogP) is 0.753. The van der Waals surface area contributed by atoms with Crippen LogP contribution in [0.1, 0.15) is 20.8 Å². The molecule has 0 saturated carbocycles. The molecule has 0 spiro atoms. The number of hydrogen-bond acceptors (Lipinski definition) is 4. The van der Waals surface area contributed by atoms with E-state index in [9.17, 15) is 4.79 Å². The van der Waals surface area contributed by atoms with Crippen LogP contribution in [0.2, 0.25) is 0 Å². The Bertz CT molecular complexity index is 192. The fourth-order valence-electron chi connectivity index (χ4n) is 0.559. The minimum absolute atomic E-state index is 0.00348. The average molecular weight is 202 g/mol. The molecule has 1 unspecified atom stereocenters. The zero-order chi connectivity index (χ0) is 11.0. The number of nitrogens with one attached hydrogen (secondary N) is 1. The van der Waals surface area contributed by atoms with E-state index in [-0.39, 0.29) is 18.1 Å². The molecule has 0 radical (unpaired) electrons. The fourth-order valence-corrected chi connectivity index (χ4v) is 0.559. The Kier molecular flexibility index (Phi) is 6.74. The van der Waals surface area contributed by atoms with Crippen LogP contribution < -0.4 is 5.32 Å². The Morgan fingerprint density at radius 1 is 1.50 bits per heavy atom. The summed E-state index contributed by atoms with van der Waals surface area (Å²) in [4.78, 5) is 15.9. The third-order valence-corrected chi connectivity index (χ3v) is 1.51. The lowest BCUT2D eigenvalue weighted by Crippen LogP contribution is -2.29. The summed E-state index contributed by atoms with van der Waals surface area (Å²) in [5.74, 6) is -0.0153. The van der Waals surface area contributed by atoms with Crippen LogP contribution in [-0.2, 0) is 14.4 Å². The molecular weight excluding hydrogens is 184 g/mol. The molecule has 0 aliphatic rings. The summed E-state index contributed by atoms with van der Waals surface area (Å²) in [7, 11) is 1.53. The molecule has 1 amide bonds. The molecule has 0 heterocycles. The predicted molar refractivity (Wildman–Crippen MR) is 53.9 cm³/mol. The van der Waals surface area contributed by atoms with Crippen LogP contribution in [0.5, 0.6) is 0 Å². The van der Waals surface area contributed by atoms with Crippen LogP contribution in [-0.4, -0.2) is 32.1 Å². The van der Waals surface area contributed by atoms with Gasteiger partial charge in [0, 0.05) is 20.0 Å². The smallest absolute Gasteiger partial charge is 0.223 e. The summed E-state index contributed by atoms with van der Waals surface area (Å²) < 4.78 is 4.79. The Morgan fingerprint density at radius 2 is 2.14 bits per heavy atom. The van der Waals surface area contributed by atoms with E-state index < -0.39 is 0 Å². The summed E-state index contributed by atoms with van der Waals surface area (Å²) >= 11 is 0. The zero-order valence-electron chi connectivity index (χ0n) is 9.11. The molecule has 1 atom stereocenters. The highest BCUT2D eigenvalue weighted by atomic mass is 16.8. The maximum atomic E-state index is 11.1. The summed E-state index contributed by atoms with van der Waals surface area (Å²) in [5.41, 5.74) is 0. The lowest BCUT2D eigenvalue weighted by Gasteiger charge is -2.06. The number of amides is 1. The van der Waals surface area contributed by atoms with Gasteiger partial charge in [0.15, 0.2) is 0 Å². The van der Waals surface area contributed by atoms with Crippen molar-refractivity contribution in [1.29, 1.82) is 0 Å². The van der Waals surface area contributed by atoms with Crippen molar-refractivity contribution < 1.29 is 14.4 Å². The lowest BCUT2D eigenvalue weighted by atomic mass is 10.2. The van der Waals surface area contributed by atoms with E-state index in [1.165, 1.54) is 13.3 Å². The topological polar surface area (TPSA) is 59.9 Å². The SMILES string of the molecule is COC(C)ON=CCNC(=O)C(C)C. The molecule has 1 N–H and O–H groups in total. The lowest BCUT2D eigenvalue weighted by molar-refractivity contribution is -0.123. The van der Waals surface area contributed by atoms with Crippen molar-refractivity contribution in [3.05, 3.63) is 0 Å². The summed E-state index contributed by atoms with van der Waals surface area (Å²) in [6, 6.07) is 0. The number of hydrogen-bond donors (Lipinski definition) is 1. The van der Waals surface area contributed by atoms with Gasteiger partial charge in [0.25, 0.3) is 0 Å². The third kappa shape index (κ3) is 6.42. The first kappa shape index (κ1) is 12.9. The summed E-state index contributed by atoms with van der Waals surface area (Å²) in [6.45, 7) is 5.75. The van der Waals surface area contributed by atoms with Crippen molar-refractivity contribution in [2.24, 2.45) is 11.1 Å². The molecule has 5 nitrogen and oxygen atoms in total. The molecule has 0 aliphatic heterocycles. The van der Waals surface area contributed by atoms with Gasteiger partial charge in [-0.05, 0) is 0 Å². The zero-order valence-corrected chi connectivity index (χ0v) is 9.11. The first-order valence-electron chi connectivity index (χ1n) is 4.56. The maximum Gasteiger partial charge on any atom is 0.223 e. The minimum Gasteiger partial charge on any atom is -0.364 e. The second-order valence-electron chi connectivity index (χ2n) is 3.10. The van der Waals surface area contributed by atoms with Gasteiger partial charge in [0.1, 0.15) is 0 Å². The monoisotopic (exact) mass is 202 g/mol. The highest BCUT2D eigenvalue weighted by Gasteiger charge is 2.03. The van der Waals surface area contributed by atoms with Crippen LogP contribution in [0.25, 0.3) is 0 Å². The van der Waals surface area contributed by atoms with Crippen LogP contribution in [0.3, 0.4) is 0 Å². The molecule has 82 valence electrons. The summed E-state index contributed by atoms with van der Waals surface area (Å²) in [5, 5.41) is 6.27. The second kappa shape index (κ2) is 7.32. The number of nitrogens with zero attached hydrogens (tertiary/aromatic N) is 1. The van der Waals surface area contributed by atoms with Gasteiger partial charge in [0.05, 0.1) is 12.8 Å².